The van der Waals surface area contributed by atoms with Crippen LogP contribution in [-0.2, 0) is 12.7 Å². The van der Waals surface area contributed by atoms with Crippen molar-refractivity contribution >= 4 is 5.91 Å². The maximum atomic E-state index is 12.5. The van der Waals surface area contributed by atoms with Crippen LogP contribution in [0.1, 0.15) is 27.3 Å². The van der Waals surface area contributed by atoms with E-state index in [4.69, 9.17) is 0 Å². The summed E-state index contributed by atoms with van der Waals surface area (Å²) in [5, 5.41) is 2.65. The van der Waals surface area contributed by atoms with Gasteiger partial charge in [0.15, 0.2) is 0 Å². The number of rotatable bonds is 3. The molecule has 0 aliphatic heterocycles. The Morgan fingerprint density at radius 1 is 1.14 bits per heavy atom. The minimum Gasteiger partial charge on any atom is -0.348 e. The standard InChI is InChI=1S/C15H13F3N2O/c1-10-12(7-8-13(20-10)15(16,17)18)14(21)19-9-11-5-3-2-4-6-11/h2-8H,9H2,1H3,(H,19,21). The Morgan fingerprint density at radius 3 is 2.38 bits per heavy atom. The van der Waals surface area contributed by atoms with Crippen molar-refractivity contribution in [3.8, 4) is 0 Å². The maximum Gasteiger partial charge on any atom is 0.433 e. The van der Waals surface area contributed by atoms with Crippen molar-refractivity contribution in [1.29, 1.82) is 0 Å². The Balaban J connectivity index is 2.09. The topological polar surface area (TPSA) is 42.0 Å². The fraction of sp³-hybridized carbons (Fsp3) is 0.200. The molecular formula is C15H13F3N2O. The lowest BCUT2D eigenvalue weighted by atomic mass is 10.1. The number of carbonyl (C=O) groups excluding carboxylic acids is 1. The Bertz CT molecular complexity index is 639. The van der Waals surface area contributed by atoms with Crippen LogP contribution in [0.15, 0.2) is 42.5 Å². The van der Waals surface area contributed by atoms with Crippen LogP contribution in [-0.4, -0.2) is 10.9 Å². The van der Waals surface area contributed by atoms with Crippen LogP contribution >= 0.6 is 0 Å². The van der Waals surface area contributed by atoms with E-state index in [9.17, 15) is 18.0 Å². The van der Waals surface area contributed by atoms with E-state index in [0.29, 0.717) is 6.54 Å². The third-order valence-electron chi connectivity index (χ3n) is 2.92. The highest BCUT2D eigenvalue weighted by Gasteiger charge is 2.33. The van der Waals surface area contributed by atoms with Crippen LogP contribution in [0, 0.1) is 6.92 Å². The van der Waals surface area contributed by atoms with E-state index in [1.165, 1.54) is 6.92 Å². The number of nitrogens with one attached hydrogen (secondary N) is 1. The zero-order valence-electron chi connectivity index (χ0n) is 11.2. The molecule has 1 amide bonds. The zero-order valence-corrected chi connectivity index (χ0v) is 11.2. The molecule has 0 unspecified atom stereocenters. The SMILES string of the molecule is Cc1nc(C(F)(F)F)ccc1C(=O)NCc1ccccc1. The van der Waals surface area contributed by atoms with Gasteiger partial charge in [-0.2, -0.15) is 13.2 Å². The summed E-state index contributed by atoms with van der Waals surface area (Å²) in [4.78, 5) is 15.4. The zero-order chi connectivity index (χ0) is 15.5. The van der Waals surface area contributed by atoms with Crippen LogP contribution in [0.3, 0.4) is 0 Å². The van der Waals surface area contributed by atoms with E-state index in [0.717, 1.165) is 17.7 Å². The molecule has 0 radical (unpaired) electrons. The van der Waals surface area contributed by atoms with Gasteiger partial charge in [0.05, 0.1) is 11.3 Å². The van der Waals surface area contributed by atoms with Gasteiger partial charge in [-0.1, -0.05) is 30.3 Å². The number of alkyl halides is 3. The molecule has 0 bridgehead atoms. The molecule has 0 aliphatic rings. The number of pyridine rings is 1. The number of nitrogens with zero attached hydrogens (tertiary/aromatic N) is 1. The summed E-state index contributed by atoms with van der Waals surface area (Å²) in [5.41, 5.74) is 0.0947. The molecule has 1 heterocycles. The number of amides is 1. The Kier molecular flexibility index (Phi) is 4.26. The first-order valence-corrected chi connectivity index (χ1v) is 6.25. The lowest BCUT2D eigenvalue weighted by molar-refractivity contribution is -0.141. The van der Waals surface area contributed by atoms with Crippen molar-refractivity contribution in [2.75, 3.05) is 0 Å². The molecule has 0 fully saturated rings. The second-order valence-electron chi connectivity index (χ2n) is 4.50. The number of halogens is 3. The number of hydrogen-bond acceptors (Lipinski definition) is 2. The van der Waals surface area contributed by atoms with Crippen LogP contribution in [0.25, 0.3) is 0 Å². The first kappa shape index (κ1) is 15.0. The van der Waals surface area contributed by atoms with Gasteiger partial charge in [-0.15, -0.1) is 0 Å². The van der Waals surface area contributed by atoms with Gasteiger partial charge in [0, 0.05) is 6.54 Å². The highest BCUT2D eigenvalue weighted by Crippen LogP contribution is 2.28. The minimum absolute atomic E-state index is 0.0513. The molecule has 0 spiro atoms. The van der Waals surface area contributed by atoms with Crippen molar-refractivity contribution in [3.63, 3.8) is 0 Å². The summed E-state index contributed by atoms with van der Waals surface area (Å²) < 4.78 is 37.5. The summed E-state index contributed by atoms with van der Waals surface area (Å²) >= 11 is 0. The molecule has 3 nitrogen and oxygen atoms in total. The van der Waals surface area contributed by atoms with Crippen LogP contribution in [0.5, 0.6) is 0 Å². The first-order chi connectivity index (χ1) is 9.88. The maximum absolute atomic E-state index is 12.5. The molecule has 1 aromatic heterocycles. The summed E-state index contributed by atoms with van der Waals surface area (Å²) in [5.74, 6) is -0.447. The Morgan fingerprint density at radius 2 is 1.81 bits per heavy atom. The number of hydrogen-bond donors (Lipinski definition) is 1. The van der Waals surface area contributed by atoms with Gasteiger partial charge < -0.3 is 5.32 Å². The number of benzene rings is 1. The van der Waals surface area contributed by atoms with Gasteiger partial charge in [0.2, 0.25) is 0 Å². The molecule has 0 atom stereocenters. The molecule has 2 rings (SSSR count). The predicted octanol–water partition coefficient (Wildman–Crippen LogP) is 3.34. The molecule has 0 saturated heterocycles. The predicted molar refractivity (Wildman–Crippen MR) is 71.6 cm³/mol. The Labute approximate surface area is 119 Å². The largest absolute Gasteiger partial charge is 0.433 e. The molecule has 0 aliphatic carbocycles. The molecule has 6 heteroatoms. The lowest BCUT2D eigenvalue weighted by Crippen LogP contribution is -2.24. The molecule has 1 aromatic carbocycles. The van der Waals surface area contributed by atoms with Gasteiger partial charge in [0.1, 0.15) is 5.69 Å². The second-order valence-corrected chi connectivity index (χ2v) is 4.50. The Hall–Kier alpha value is -2.37. The average molecular weight is 294 g/mol. The van der Waals surface area contributed by atoms with Crippen molar-refractivity contribution in [3.05, 3.63) is 65.0 Å². The molecule has 21 heavy (non-hydrogen) atoms. The lowest BCUT2D eigenvalue weighted by Gasteiger charge is -2.10. The van der Waals surface area contributed by atoms with Gasteiger partial charge in [-0.05, 0) is 24.6 Å². The van der Waals surface area contributed by atoms with Crippen molar-refractivity contribution in [2.45, 2.75) is 19.6 Å². The summed E-state index contributed by atoms with van der Waals surface area (Å²) in [7, 11) is 0. The third kappa shape index (κ3) is 3.81. The summed E-state index contributed by atoms with van der Waals surface area (Å²) in [6.07, 6.45) is -4.51. The van der Waals surface area contributed by atoms with Gasteiger partial charge in [-0.25, -0.2) is 4.98 Å². The van der Waals surface area contributed by atoms with Crippen molar-refractivity contribution in [1.82, 2.24) is 10.3 Å². The number of aromatic nitrogens is 1. The monoisotopic (exact) mass is 294 g/mol. The third-order valence-corrected chi connectivity index (χ3v) is 2.92. The quantitative estimate of drug-likeness (QED) is 0.943. The van der Waals surface area contributed by atoms with E-state index in [1.807, 2.05) is 30.3 Å². The van der Waals surface area contributed by atoms with Crippen LogP contribution in [0.2, 0.25) is 0 Å². The second kappa shape index (κ2) is 5.95. The number of carbonyl (C=O) groups is 1. The fourth-order valence-electron chi connectivity index (χ4n) is 1.83. The van der Waals surface area contributed by atoms with Gasteiger partial charge in [-0.3, -0.25) is 4.79 Å². The average Bonchev–Trinajstić information content (AvgIpc) is 2.45. The normalized spacial score (nSPS) is 11.2. The van der Waals surface area contributed by atoms with Crippen LogP contribution in [0.4, 0.5) is 13.2 Å². The molecule has 2 aromatic rings. The van der Waals surface area contributed by atoms with Gasteiger partial charge in [0.25, 0.3) is 5.91 Å². The molecule has 110 valence electrons. The van der Waals surface area contributed by atoms with E-state index in [1.54, 1.807) is 0 Å². The smallest absolute Gasteiger partial charge is 0.348 e. The van der Waals surface area contributed by atoms with Crippen molar-refractivity contribution in [2.24, 2.45) is 0 Å². The van der Waals surface area contributed by atoms with E-state index in [2.05, 4.69) is 10.3 Å². The van der Waals surface area contributed by atoms with Crippen LogP contribution < -0.4 is 5.32 Å². The first-order valence-electron chi connectivity index (χ1n) is 6.25. The summed E-state index contributed by atoms with van der Waals surface area (Å²) in [6.45, 7) is 1.69. The van der Waals surface area contributed by atoms with E-state index < -0.39 is 17.8 Å². The van der Waals surface area contributed by atoms with E-state index >= 15 is 0 Å². The highest BCUT2D eigenvalue weighted by atomic mass is 19.4. The number of aryl methyl sites for hydroxylation is 1. The molecule has 0 saturated carbocycles. The molecule has 1 N–H and O–H groups in total. The summed E-state index contributed by atoms with van der Waals surface area (Å²) in [6, 6.07) is 11.2. The highest BCUT2D eigenvalue weighted by molar-refractivity contribution is 5.95. The van der Waals surface area contributed by atoms with Gasteiger partial charge >= 0.3 is 6.18 Å². The van der Waals surface area contributed by atoms with E-state index in [-0.39, 0.29) is 11.3 Å². The van der Waals surface area contributed by atoms with Crippen molar-refractivity contribution < 1.29 is 18.0 Å². The fourth-order valence-corrected chi connectivity index (χ4v) is 1.83. The molecular weight excluding hydrogens is 281 g/mol. The minimum atomic E-state index is -4.51.